The molecule has 6 heteroatoms. The Morgan fingerprint density at radius 3 is 2.45 bits per heavy atom. The average Bonchev–Trinajstić information content (AvgIpc) is 2.76. The standard InChI is InChI=1S/C14H27N3O2.ClH/c1-14(2,3)17-13(19)8-10-16-12(18)7-6-11-5-4-9-15-11;/h11,15H,4-10H2,1-3H3,(H,16,18)(H,17,19);1H. The van der Waals surface area contributed by atoms with Gasteiger partial charge in [-0.15, -0.1) is 12.4 Å². The van der Waals surface area contributed by atoms with E-state index >= 15 is 0 Å². The van der Waals surface area contributed by atoms with E-state index in [0.717, 1.165) is 13.0 Å². The first-order valence-electron chi connectivity index (χ1n) is 7.18. The lowest BCUT2D eigenvalue weighted by Crippen LogP contribution is -2.42. The highest BCUT2D eigenvalue weighted by molar-refractivity contribution is 5.85. The van der Waals surface area contributed by atoms with E-state index in [2.05, 4.69) is 16.0 Å². The molecular formula is C14H28ClN3O2. The molecule has 1 aliphatic heterocycles. The summed E-state index contributed by atoms with van der Waals surface area (Å²) < 4.78 is 0. The summed E-state index contributed by atoms with van der Waals surface area (Å²) in [5.74, 6) is 0.0162. The average molecular weight is 306 g/mol. The van der Waals surface area contributed by atoms with E-state index in [9.17, 15) is 9.59 Å². The molecule has 1 unspecified atom stereocenters. The molecule has 0 aromatic rings. The minimum Gasteiger partial charge on any atom is -0.356 e. The lowest BCUT2D eigenvalue weighted by atomic mass is 10.1. The van der Waals surface area contributed by atoms with Gasteiger partial charge >= 0.3 is 0 Å². The van der Waals surface area contributed by atoms with Crippen molar-refractivity contribution in [3.63, 3.8) is 0 Å². The highest BCUT2D eigenvalue weighted by Gasteiger charge is 2.16. The molecule has 3 N–H and O–H groups in total. The Morgan fingerprint density at radius 2 is 1.90 bits per heavy atom. The first-order chi connectivity index (χ1) is 8.87. The molecule has 0 aliphatic carbocycles. The summed E-state index contributed by atoms with van der Waals surface area (Å²) in [4.78, 5) is 23.1. The molecule has 5 nitrogen and oxygen atoms in total. The highest BCUT2D eigenvalue weighted by atomic mass is 35.5. The summed E-state index contributed by atoms with van der Waals surface area (Å²) in [6.07, 6.45) is 4.14. The molecular weight excluding hydrogens is 278 g/mol. The van der Waals surface area contributed by atoms with Crippen LogP contribution in [0.2, 0.25) is 0 Å². The van der Waals surface area contributed by atoms with E-state index in [-0.39, 0.29) is 29.8 Å². The number of amides is 2. The summed E-state index contributed by atoms with van der Waals surface area (Å²) >= 11 is 0. The van der Waals surface area contributed by atoms with Gasteiger partial charge < -0.3 is 16.0 Å². The van der Waals surface area contributed by atoms with Crippen LogP contribution in [0, 0.1) is 0 Å². The third-order valence-corrected chi connectivity index (χ3v) is 3.07. The Hall–Kier alpha value is -0.810. The summed E-state index contributed by atoms with van der Waals surface area (Å²) in [6, 6.07) is 0.495. The van der Waals surface area contributed by atoms with E-state index in [1.807, 2.05) is 20.8 Å². The second-order valence-corrected chi connectivity index (χ2v) is 6.23. The van der Waals surface area contributed by atoms with E-state index in [1.54, 1.807) is 0 Å². The summed E-state index contributed by atoms with van der Waals surface area (Å²) in [6.45, 7) is 7.31. The Labute approximate surface area is 128 Å². The van der Waals surface area contributed by atoms with Crippen molar-refractivity contribution in [2.75, 3.05) is 13.1 Å². The van der Waals surface area contributed by atoms with Crippen molar-refractivity contribution >= 4 is 24.2 Å². The van der Waals surface area contributed by atoms with Crippen molar-refractivity contribution in [1.82, 2.24) is 16.0 Å². The van der Waals surface area contributed by atoms with Gasteiger partial charge in [0.25, 0.3) is 0 Å². The molecule has 0 spiro atoms. The van der Waals surface area contributed by atoms with Crippen LogP contribution in [0.15, 0.2) is 0 Å². The molecule has 1 saturated heterocycles. The van der Waals surface area contributed by atoms with Crippen LogP contribution in [0.5, 0.6) is 0 Å². The fourth-order valence-corrected chi connectivity index (χ4v) is 2.19. The molecule has 0 radical (unpaired) electrons. The largest absolute Gasteiger partial charge is 0.356 e. The molecule has 118 valence electrons. The van der Waals surface area contributed by atoms with Crippen molar-refractivity contribution < 1.29 is 9.59 Å². The van der Waals surface area contributed by atoms with Crippen molar-refractivity contribution in [2.45, 2.75) is 64.5 Å². The Kier molecular flexibility index (Phi) is 8.81. The number of nitrogens with one attached hydrogen (secondary N) is 3. The predicted octanol–water partition coefficient (Wildman–Crippen LogP) is 1.36. The first-order valence-corrected chi connectivity index (χ1v) is 7.18. The van der Waals surface area contributed by atoms with Gasteiger partial charge in [-0.25, -0.2) is 0 Å². The zero-order chi connectivity index (χ0) is 14.3. The van der Waals surface area contributed by atoms with Gasteiger partial charge in [-0.1, -0.05) is 0 Å². The second-order valence-electron chi connectivity index (χ2n) is 6.23. The molecule has 0 bridgehead atoms. The van der Waals surface area contributed by atoms with Gasteiger partial charge in [0, 0.05) is 31.0 Å². The number of carbonyl (C=O) groups is 2. The van der Waals surface area contributed by atoms with Crippen LogP contribution in [-0.4, -0.2) is 36.5 Å². The fourth-order valence-electron chi connectivity index (χ4n) is 2.19. The van der Waals surface area contributed by atoms with Crippen LogP contribution in [0.3, 0.4) is 0 Å². The molecule has 1 atom stereocenters. The van der Waals surface area contributed by atoms with Crippen LogP contribution in [0.25, 0.3) is 0 Å². The SMILES string of the molecule is CC(C)(C)NC(=O)CCNC(=O)CCC1CCCN1.Cl. The normalized spacial score (nSPS) is 18.2. The smallest absolute Gasteiger partial charge is 0.222 e. The van der Waals surface area contributed by atoms with Gasteiger partial charge in [-0.3, -0.25) is 9.59 Å². The first kappa shape index (κ1) is 19.2. The molecule has 1 fully saturated rings. The van der Waals surface area contributed by atoms with Crippen molar-refractivity contribution in [2.24, 2.45) is 0 Å². The lowest BCUT2D eigenvalue weighted by molar-refractivity contribution is -0.123. The molecule has 2 amide bonds. The number of hydrogen-bond donors (Lipinski definition) is 3. The third kappa shape index (κ3) is 9.15. The van der Waals surface area contributed by atoms with Gasteiger partial charge in [0.05, 0.1) is 0 Å². The van der Waals surface area contributed by atoms with E-state index in [4.69, 9.17) is 0 Å². The minimum absolute atomic E-state index is 0. The minimum atomic E-state index is -0.213. The van der Waals surface area contributed by atoms with Crippen molar-refractivity contribution in [3.8, 4) is 0 Å². The monoisotopic (exact) mass is 305 g/mol. The fraction of sp³-hybridized carbons (Fsp3) is 0.857. The number of halogens is 1. The number of rotatable bonds is 6. The van der Waals surface area contributed by atoms with Crippen molar-refractivity contribution in [3.05, 3.63) is 0 Å². The Balaban J connectivity index is 0.00000361. The highest BCUT2D eigenvalue weighted by Crippen LogP contribution is 2.10. The summed E-state index contributed by atoms with van der Waals surface area (Å²) in [5.41, 5.74) is -0.213. The van der Waals surface area contributed by atoms with Gasteiger partial charge in [0.2, 0.25) is 11.8 Å². The molecule has 20 heavy (non-hydrogen) atoms. The summed E-state index contributed by atoms with van der Waals surface area (Å²) in [7, 11) is 0. The number of hydrogen-bond acceptors (Lipinski definition) is 3. The quantitative estimate of drug-likeness (QED) is 0.694. The summed E-state index contributed by atoms with van der Waals surface area (Å²) in [5, 5.41) is 9.03. The van der Waals surface area contributed by atoms with Crippen LogP contribution in [0.4, 0.5) is 0 Å². The third-order valence-electron chi connectivity index (χ3n) is 3.07. The number of carbonyl (C=O) groups excluding carboxylic acids is 2. The Morgan fingerprint density at radius 1 is 1.20 bits per heavy atom. The van der Waals surface area contributed by atoms with Gasteiger partial charge in [-0.05, 0) is 46.6 Å². The van der Waals surface area contributed by atoms with Crippen molar-refractivity contribution in [1.29, 1.82) is 0 Å². The Bertz CT molecular complexity index is 310. The topological polar surface area (TPSA) is 70.2 Å². The molecule has 0 saturated carbocycles. The van der Waals surface area contributed by atoms with Gasteiger partial charge in [-0.2, -0.15) is 0 Å². The molecule has 1 aliphatic rings. The van der Waals surface area contributed by atoms with Gasteiger partial charge in [0.15, 0.2) is 0 Å². The maximum absolute atomic E-state index is 11.6. The molecule has 1 heterocycles. The van der Waals surface area contributed by atoms with Crippen LogP contribution in [-0.2, 0) is 9.59 Å². The van der Waals surface area contributed by atoms with Gasteiger partial charge in [0.1, 0.15) is 0 Å². The van der Waals surface area contributed by atoms with E-state index < -0.39 is 0 Å². The zero-order valence-corrected chi connectivity index (χ0v) is 13.6. The maximum atomic E-state index is 11.6. The van der Waals surface area contributed by atoms with Crippen LogP contribution < -0.4 is 16.0 Å². The lowest BCUT2D eigenvalue weighted by Gasteiger charge is -2.20. The van der Waals surface area contributed by atoms with Crippen LogP contribution in [0.1, 0.15) is 52.9 Å². The van der Waals surface area contributed by atoms with Crippen LogP contribution >= 0.6 is 12.4 Å². The molecule has 1 rings (SSSR count). The molecule has 0 aromatic heterocycles. The molecule has 0 aromatic carbocycles. The second kappa shape index (κ2) is 9.19. The van der Waals surface area contributed by atoms with E-state index in [0.29, 0.717) is 25.4 Å². The maximum Gasteiger partial charge on any atom is 0.222 e. The van der Waals surface area contributed by atoms with E-state index in [1.165, 1.54) is 12.8 Å². The zero-order valence-electron chi connectivity index (χ0n) is 12.8. The predicted molar refractivity (Wildman–Crippen MR) is 83.0 cm³/mol.